The summed E-state index contributed by atoms with van der Waals surface area (Å²) in [4.78, 5) is 12.4. The maximum atomic E-state index is 12.3. The van der Waals surface area contributed by atoms with Crippen molar-refractivity contribution in [1.82, 2.24) is 5.12 Å². The van der Waals surface area contributed by atoms with Gasteiger partial charge in [-0.2, -0.15) is 4.99 Å². The molecule has 6 heteroatoms. The second-order valence-corrected chi connectivity index (χ2v) is 1.62. The molecule has 54 valence electrons. The maximum absolute atomic E-state index is 12.3. The first-order valence-corrected chi connectivity index (χ1v) is 2.49. The first-order valence-electron chi connectivity index (χ1n) is 2.49. The molecule has 1 aliphatic rings. The molecule has 0 saturated carbocycles. The Morgan fingerprint density at radius 2 is 2.50 bits per heavy atom. The molecule has 0 aromatic carbocycles. The Balaban J connectivity index is 2.70. The van der Waals surface area contributed by atoms with Gasteiger partial charge in [0.1, 0.15) is 0 Å². The Kier molecular flexibility index (Phi) is 1.61. The lowest BCUT2D eigenvalue weighted by molar-refractivity contribution is -0.557. The molecule has 0 amide bonds. The second-order valence-electron chi connectivity index (χ2n) is 1.62. The zero-order chi connectivity index (χ0) is 7.56. The van der Waals surface area contributed by atoms with Crippen LogP contribution in [0.3, 0.4) is 0 Å². The van der Waals surface area contributed by atoms with Crippen molar-refractivity contribution in [2.45, 2.75) is 6.29 Å². The molecule has 1 unspecified atom stereocenters. The zero-order valence-electron chi connectivity index (χ0n) is 4.85. The number of aliphatic imine (C=N–C) groups is 1. The molecule has 0 radical (unpaired) electrons. The van der Waals surface area contributed by atoms with Gasteiger partial charge in [-0.1, -0.05) is 4.48 Å². The van der Waals surface area contributed by atoms with Crippen molar-refractivity contribution in [3.8, 4) is 0 Å². The van der Waals surface area contributed by atoms with Crippen molar-refractivity contribution >= 4 is 6.21 Å². The van der Waals surface area contributed by atoms with Crippen LogP contribution >= 0.6 is 0 Å². The fraction of sp³-hybridized carbons (Fsp3) is 0.250. The minimum Gasteiger partial charge on any atom is -0.261 e. The van der Waals surface area contributed by atoms with Crippen LogP contribution in [-0.2, 0) is 0 Å². The highest BCUT2D eigenvalue weighted by molar-refractivity contribution is 5.71. The number of halogens is 1. The smallest absolute Gasteiger partial charge is 0.261 e. The SMILES string of the molecule is O=[N+]([O-])C1N=CC=CN1F. The van der Waals surface area contributed by atoms with Gasteiger partial charge in [-0.05, 0) is 6.08 Å². The number of hydrogen-bond donors (Lipinski definition) is 0. The number of nitro groups is 1. The summed E-state index contributed by atoms with van der Waals surface area (Å²) in [6, 6.07) is 0. The molecule has 0 aliphatic carbocycles. The molecule has 1 heterocycles. The van der Waals surface area contributed by atoms with Gasteiger partial charge in [-0.15, -0.1) is 5.12 Å². The maximum Gasteiger partial charge on any atom is 0.410 e. The van der Waals surface area contributed by atoms with Crippen LogP contribution in [0.15, 0.2) is 17.3 Å². The van der Waals surface area contributed by atoms with E-state index in [1.807, 2.05) is 0 Å². The molecule has 1 atom stereocenters. The van der Waals surface area contributed by atoms with E-state index in [0.29, 0.717) is 0 Å². The van der Waals surface area contributed by atoms with Gasteiger partial charge in [0, 0.05) is 12.4 Å². The number of nitrogens with zero attached hydrogens (tertiary/aromatic N) is 3. The predicted molar refractivity (Wildman–Crippen MR) is 31.4 cm³/mol. The zero-order valence-corrected chi connectivity index (χ0v) is 4.85. The Bertz CT molecular complexity index is 203. The molecule has 1 rings (SSSR count). The summed E-state index contributed by atoms with van der Waals surface area (Å²) in [6.07, 6.45) is 1.80. The predicted octanol–water partition coefficient (Wildman–Crippen LogP) is 0.331. The summed E-state index contributed by atoms with van der Waals surface area (Å²) in [5, 5.41) is 9.87. The van der Waals surface area contributed by atoms with Crippen LogP contribution in [0.1, 0.15) is 0 Å². The largest absolute Gasteiger partial charge is 0.410 e. The average Bonchev–Trinajstić information content (AvgIpc) is 1.88. The highest BCUT2D eigenvalue weighted by Crippen LogP contribution is 2.06. The van der Waals surface area contributed by atoms with E-state index < -0.39 is 11.2 Å². The Labute approximate surface area is 55.5 Å². The lowest BCUT2D eigenvalue weighted by Gasteiger charge is -2.11. The van der Waals surface area contributed by atoms with Gasteiger partial charge < -0.3 is 0 Å². The second kappa shape index (κ2) is 2.42. The fourth-order valence-electron chi connectivity index (χ4n) is 0.533. The van der Waals surface area contributed by atoms with Gasteiger partial charge in [0.05, 0.1) is 4.92 Å². The number of rotatable bonds is 1. The lowest BCUT2D eigenvalue weighted by Crippen LogP contribution is -2.31. The topological polar surface area (TPSA) is 58.7 Å². The lowest BCUT2D eigenvalue weighted by atomic mass is 10.6. The van der Waals surface area contributed by atoms with E-state index in [1.54, 1.807) is 0 Å². The van der Waals surface area contributed by atoms with Crippen LogP contribution in [0.5, 0.6) is 0 Å². The van der Waals surface area contributed by atoms with Crippen molar-refractivity contribution in [2.75, 3.05) is 0 Å². The molecule has 0 aromatic heterocycles. The Morgan fingerprint density at radius 3 is 2.90 bits per heavy atom. The molecule has 0 aromatic rings. The monoisotopic (exact) mass is 145 g/mol. The minimum absolute atomic E-state index is 0.0694. The normalized spacial score (nSPS) is 23.3. The molecule has 10 heavy (non-hydrogen) atoms. The molecule has 5 nitrogen and oxygen atoms in total. The van der Waals surface area contributed by atoms with Crippen molar-refractivity contribution in [2.24, 2.45) is 4.99 Å². The molecule has 0 saturated heterocycles. The third-order valence-electron chi connectivity index (χ3n) is 0.943. The first-order chi connectivity index (χ1) is 4.72. The van der Waals surface area contributed by atoms with Crippen LogP contribution in [-0.4, -0.2) is 22.5 Å². The Morgan fingerprint density at radius 1 is 1.80 bits per heavy atom. The van der Waals surface area contributed by atoms with Gasteiger partial charge in [0.15, 0.2) is 0 Å². The first kappa shape index (κ1) is 6.66. The van der Waals surface area contributed by atoms with Crippen molar-refractivity contribution in [3.63, 3.8) is 0 Å². The van der Waals surface area contributed by atoms with Crippen molar-refractivity contribution in [3.05, 3.63) is 22.4 Å². The molecular weight excluding hydrogens is 141 g/mol. The summed E-state index contributed by atoms with van der Waals surface area (Å²) >= 11 is 0. The van der Waals surface area contributed by atoms with Crippen molar-refractivity contribution < 1.29 is 9.40 Å². The van der Waals surface area contributed by atoms with Crippen LogP contribution in [0.2, 0.25) is 0 Å². The fourth-order valence-corrected chi connectivity index (χ4v) is 0.533. The van der Waals surface area contributed by atoms with E-state index in [4.69, 9.17) is 0 Å². The van der Waals surface area contributed by atoms with Crippen LogP contribution in [0.25, 0.3) is 0 Å². The van der Waals surface area contributed by atoms with Gasteiger partial charge in [-0.25, -0.2) is 0 Å². The molecule has 1 aliphatic heterocycles. The quantitative estimate of drug-likeness (QED) is 0.303. The highest BCUT2D eigenvalue weighted by Gasteiger charge is 2.25. The van der Waals surface area contributed by atoms with Gasteiger partial charge in [0.2, 0.25) is 0 Å². The molecule has 0 N–H and O–H groups in total. The summed E-state index contributed by atoms with van der Waals surface area (Å²) < 4.78 is 12.3. The average molecular weight is 145 g/mol. The van der Waals surface area contributed by atoms with E-state index in [-0.39, 0.29) is 5.12 Å². The Hall–Kier alpha value is -1.46. The van der Waals surface area contributed by atoms with Crippen LogP contribution in [0, 0.1) is 10.1 Å². The molecule has 0 bridgehead atoms. The van der Waals surface area contributed by atoms with Gasteiger partial charge in [-0.3, -0.25) is 10.1 Å². The number of hydrogen-bond acceptors (Lipinski definition) is 4. The summed E-state index contributed by atoms with van der Waals surface area (Å²) in [5.41, 5.74) is 0. The van der Waals surface area contributed by atoms with Crippen LogP contribution in [0.4, 0.5) is 4.48 Å². The molecular formula is C4H4FN3O2. The van der Waals surface area contributed by atoms with Gasteiger partial charge >= 0.3 is 6.29 Å². The van der Waals surface area contributed by atoms with E-state index in [0.717, 1.165) is 6.20 Å². The third kappa shape index (κ3) is 1.09. The van der Waals surface area contributed by atoms with E-state index >= 15 is 0 Å². The highest BCUT2D eigenvalue weighted by atomic mass is 19.2. The standard InChI is InChI=1S/C4H4FN3O2/c5-7-3-1-2-6-4(7)8(9)10/h1-4H. The third-order valence-corrected chi connectivity index (χ3v) is 0.943. The summed E-state index contributed by atoms with van der Waals surface area (Å²) in [7, 11) is 0. The van der Waals surface area contributed by atoms with E-state index in [2.05, 4.69) is 4.99 Å². The van der Waals surface area contributed by atoms with Gasteiger partial charge in [0.25, 0.3) is 0 Å². The van der Waals surface area contributed by atoms with E-state index in [9.17, 15) is 14.6 Å². The van der Waals surface area contributed by atoms with Crippen LogP contribution < -0.4 is 0 Å². The van der Waals surface area contributed by atoms with Crippen molar-refractivity contribution in [1.29, 1.82) is 0 Å². The molecule has 0 spiro atoms. The summed E-state index contributed by atoms with van der Waals surface area (Å²) in [5.74, 6) is 0. The van der Waals surface area contributed by atoms with E-state index in [1.165, 1.54) is 12.3 Å². The number of allylic oxidation sites excluding steroid dienone is 1. The summed E-state index contributed by atoms with van der Waals surface area (Å²) in [6.45, 7) is 0. The molecule has 0 fully saturated rings. The minimum atomic E-state index is -1.61.